The number of carbonyl (C=O) groups excluding carboxylic acids is 1. The average molecular weight is 254 g/mol. The molecule has 3 nitrogen and oxygen atoms in total. The molecule has 1 N–H and O–H groups in total. The molecule has 0 heterocycles. The zero-order valence-electron chi connectivity index (χ0n) is 11.9. The van der Waals surface area contributed by atoms with Crippen LogP contribution in [0.3, 0.4) is 0 Å². The topological polar surface area (TPSA) is 46.5 Å². The summed E-state index contributed by atoms with van der Waals surface area (Å²) in [6.07, 6.45) is 5.76. The van der Waals surface area contributed by atoms with Crippen molar-refractivity contribution < 1.29 is 14.6 Å². The van der Waals surface area contributed by atoms with Gasteiger partial charge in [-0.2, -0.15) is 0 Å². The molecule has 104 valence electrons. The van der Waals surface area contributed by atoms with Crippen molar-refractivity contribution in [1.82, 2.24) is 0 Å². The molecule has 0 aromatic heterocycles. The SMILES string of the molecule is CC(C)C12CCC(C)(CC1)CC2C(=O)OCCO. The Kier molecular flexibility index (Phi) is 3.72. The molecule has 1 atom stereocenters. The Bertz CT molecular complexity index is 314. The first-order valence-electron chi connectivity index (χ1n) is 7.21. The Morgan fingerprint density at radius 2 is 1.94 bits per heavy atom. The van der Waals surface area contributed by atoms with E-state index in [1.807, 2.05) is 0 Å². The van der Waals surface area contributed by atoms with Crippen LogP contribution in [-0.2, 0) is 9.53 Å². The first-order chi connectivity index (χ1) is 8.43. The van der Waals surface area contributed by atoms with Gasteiger partial charge >= 0.3 is 5.97 Å². The van der Waals surface area contributed by atoms with Crippen LogP contribution in [0.1, 0.15) is 52.9 Å². The van der Waals surface area contributed by atoms with Crippen LogP contribution in [0.5, 0.6) is 0 Å². The second-order valence-electron chi connectivity index (χ2n) is 6.85. The Balaban J connectivity index is 2.18. The molecular weight excluding hydrogens is 228 g/mol. The van der Waals surface area contributed by atoms with Gasteiger partial charge in [0.2, 0.25) is 0 Å². The highest BCUT2D eigenvalue weighted by molar-refractivity contribution is 5.74. The summed E-state index contributed by atoms with van der Waals surface area (Å²) in [4.78, 5) is 12.3. The number of carbonyl (C=O) groups is 1. The largest absolute Gasteiger partial charge is 0.463 e. The van der Waals surface area contributed by atoms with Crippen LogP contribution >= 0.6 is 0 Å². The number of aliphatic hydroxyl groups is 1. The summed E-state index contributed by atoms with van der Waals surface area (Å²) in [6.45, 7) is 6.84. The normalized spacial score (nSPS) is 39.1. The lowest BCUT2D eigenvalue weighted by atomic mass is 9.47. The molecule has 1 unspecified atom stereocenters. The molecule has 0 saturated heterocycles. The minimum absolute atomic E-state index is 0.0385. The molecule has 3 rings (SSSR count). The minimum Gasteiger partial charge on any atom is -0.463 e. The third-order valence-corrected chi connectivity index (χ3v) is 5.55. The van der Waals surface area contributed by atoms with Crippen LogP contribution in [0.25, 0.3) is 0 Å². The van der Waals surface area contributed by atoms with Gasteiger partial charge < -0.3 is 9.84 Å². The molecule has 3 heteroatoms. The van der Waals surface area contributed by atoms with Gasteiger partial charge in [-0.3, -0.25) is 4.79 Å². The monoisotopic (exact) mass is 254 g/mol. The zero-order chi connectivity index (χ0) is 13.4. The summed E-state index contributed by atoms with van der Waals surface area (Å²) < 4.78 is 5.21. The van der Waals surface area contributed by atoms with E-state index in [0.29, 0.717) is 11.3 Å². The predicted molar refractivity (Wildman–Crippen MR) is 70.0 cm³/mol. The van der Waals surface area contributed by atoms with Crippen LogP contribution in [-0.4, -0.2) is 24.3 Å². The number of rotatable bonds is 4. The van der Waals surface area contributed by atoms with Gasteiger partial charge in [-0.05, 0) is 48.9 Å². The van der Waals surface area contributed by atoms with Crippen molar-refractivity contribution in [3.05, 3.63) is 0 Å². The van der Waals surface area contributed by atoms with Crippen molar-refractivity contribution in [3.8, 4) is 0 Å². The Morgan fingerprint density at radius 3 is 2.44 bits per heavy atom. The van der Waals surface area contributed by atoms with Gasteiger partial charge in [0.05, 0.1) is 12.5 Å². The quantitative estimate of drug-likeness (QED) is 0.785. The maximum absolute atomic E-state index is 12.3. The lowest BCUT2D eigenvalue weighted by molar-refractivity contribution is -0.171. The highest BCUT2D eigenvalue weighted by Crippen LogP contribution is 2.62. The average Bonchev–Trinajstić information content (AvgIpc) is 2.36. The van der Waals surface area contributed by atoms with Crippen LogP contribution < -0.4 is 0 Å². The number of hydrogen-bond donors (Lipinski definition) is 1. The molecule has 0 radical (unpaired) electrons. The molecule has 3 aliphatic carbocycles. The highest BCUT2D eigenvalue weighted by Gasteiger charge is 2.56. The van der Waals surface area contributed by atoms with Gasteiger partial charge in [-0.15, -0.1) is 0 Å². The Morgan fingerprint density at radius 1 is 1.33 bits per heavy atom. The molecule has 3 fully saturated rings. The number of hydrogen-bond acceptors (Lipinski definition) is 3. The first kappa shape index (κ1) is 13.9. The van der Waals surface area contributed by atoms with Crippen molar-refractivity contribution in [2.24, 2.45) is 22.7 Å². The Hall–Kier alpha value is -0.570. The van der Waals surface area contributed by atoms with Gasteiger partial charge in [0, 0.05) is 0 Å². The smallest absolute Gasteiger partial charge is 0.309 e. The van der Waals surface area contributed by atoms with E-state index in [9.17, 15) is 4.79 Å². The molecule has 0 aromatic rings. The van der Waals surface area contributed by atoms with Crippen LogP contribution in [0, 0.1) is 22.7 Å². The third-order valence-electron chi connectivity index (χ3n) is 5.55. The lowest BCUT2D eigenvalue weighted by Crippen LogP contribution is -2.52. The minimum atomic E-state index is -0.0802. The number of fused-ring (bicyclic) bond motifs is 3. The van der Waals surface area contributed by atoms with Crippen molar-refractivity contribution in [2.45, 2.75) is 52.9 Å². The fourth-order valence-corrected chi connectivity index (χ4v) is 4.11. The predicted octanol–water partition coefficient (Wildman–Crippen LogP) is 2.76. The molecule has 2 bridgehead atoms. The summed E-state index contributed by atoms with van der Waals surface area (Å²) in [5.41, 5.74) is 0.476. The third kappa shape index (κ3) is 2.18. The summed E-state index contributed by atoms with van der Waals surface area (Å²) in [7, 11) is 0. The van der Waals surface area contributed by atoms with Crippen molar-refractivity contribution >= 4 is 5.97 Å². The van der Waals surface area contributed by atoms with E-state index in [1.165, 1.54) is 12.8 Å². The molecule has 0 aromatic carbocycles. The fraction of sp³-hybridized carbons (Fsp3) is 0.933. The van der Waals surface area contributed by atoms with Gasteiger partial charge in [0.25, 0.3) is 0 Å². The summed E-state index contributed by atoms with van der Waals surface area (Å²) in [5, 5.41) is 8.79. The second kappa shape index (κ2) is 4.84. The van der Waals surface area contributed by atoms with Gasteiger partial charge in [0.15, 0.2) is 0 Å². The molecule has 18 heavy (non-hydrogen) atoms. The van der Waals surface area contributed by atoms with Crippen LogP contribution in [0.2, 0.25) is 0 Å². The standard InChI is InChI=1S/C15H26O3/c1-11(2)15-6-4-14(3,5-7-15)10-12(15)13(17)18-9-8-16/h11-12,16H,4-10H2,1-3H3. The molecule has 3 aliphatic rings. The van der Waals surface area contributed by atoms with E-state index < -0.39 is 0 Å². The van der Waals surface area contributed by atoms with Crippen LogP contribution in [0.4, 0.5) is 0 Å². The van der Waals surface area contributed by atoms with Gasteiger partial charge in [0.1, 0.15) is 6.61 Å². The van der Waals surface area contributed by atoms with Crippen molar-refractivity contribution in [1.29, 1.82) is 0 Å². The number of ether oxygens (including phenoxy) is 1. The Labute approximate surface area is 110 Å². The van der Waals surface area contributed by atoms with Gasteiger partial charge in [-0.1, -0.05) is 20.8 Å². The van der Waals surface area contributed by atoms with Gasteiger partial charge in [-0.25, -0.2) is 0 Å². The number of aliphatic hydroxyl groups excluding tert-OH is 1. The summed E-state index contributed by atoms with van der Waals surface area (Å²) >= 11 is 0. The second-order valence-corrected chi connectivity index (χ2v) is 6.85. The van der Waals surface area contributed by atoms with Crippen molar-refractivity contribution in [3.63, 3.8) is 0 Å². The van der Waals surface area contributed by atoms with E-state index in [1.54, 1.807) is 0 Å². The van der Waals surface area contributed by atoms with E-state index in [-0.39, 0.29) is 30.5 Å². The fourth-order valence-electron chi connectivity index (χ4n) is 4.11. The molecule has 0 aliphatic heterocycles. The van der Waals surface area contributed by atoms with Crippen molar-refractivity contribution in [2.75, 3.05) is 13.2 Å². The molecule has 0 spiro atoms. The molecule has 3 saturated carbocycles. The zero-order valence-corrected chi connectivity index (χ0v) is 11.9. The maximum atomic E-state index is 12.3. The molecule has 0 amide bonds. The van der Waals surface area contributed by atoms with E-state index >= 15 is 0 Å². The summed E-state index contributed by atoms with van der Waals surface area (Å²) in [6, 6.07) is 0. The number of esters is 1. The lowest BCUT2D eigenvalue weighted by Gasteiger charge is -2.57. The maximum Gasteiger partial charge on any atom is 0.309 e. The van der Waals surface area contributed by atoms with E-state index in [0.717, 1.165) is 19.3 Å². The molecular formula is C15H26O3. The van der Waals surface area contributed by atoms with E-state index in [2.05, 4.69) is 20.8 Å². The first-order valence-corrected chi connectivity index (χ1v) is 7.21. The van der Waals surface area contributed by atoms with E-state index in [4.69, 9.17) is 9.84 Å². The van der Waals surface area contributed by atoms with Crippen LogP contribution in [0.15, 0.2) is 0 Å². The summed E-state index contributed by atoms with van der Waals surface area (Å²) in [5.74, 6) is 0.481. The highest BCUT2D eigenvalue weighted by atomic mass is 16.5.